The van der Waals surface area contributed by atoms with Gasteiger partial charge < -0.3 is 0 Å². The first-order valence-electron chi connectivity index (χ1n) is 4.48. The average molecular weight is 287 g/mol. The molecule has 0 aliphatic rings. The molecule has 0 unspecified atom stereocenters. The summed E-state index contributed by atoms with van der Waals surface area (Å²) < 4.78 is 39.5. The highest BCUT2D eigenvalue weighted by Crippen LogP contribution is 2.27. The summed E-state index contributed by atoms with van der Waals surface area (Å²) in [6.45, 7) is 0. The summed E-state index contributed by atoms with van der Waals surface area (Å²) >= 11 is 2.89. The molecule has 2 aromatic rings. The summed E-state index contributed by atoms with van der Waals surface area (Å²) in [5.41, 5.74) is 0.547. The topological polar surface area (TPSA) is 0 Å². The van der Waals surface area contributed by atoms with Crippen LogP contribution in [0.4, 0.5) is 13.2 Å². The Bertz CT molecular complexity index is 521. The van der Waals surface area contributed by atoms with E-state index in [1.165, 1.54) is 24.3 Å². The van der Waals surface area contributed by atoms with Crippen LogP contribution in [0.15, 0.2) is 40.9 Å². The van der Waals surface area contributed by atoms with Gasteiger partial charge in [0.2, 0.25) is 0 Å². The van der Waals surface area contributed by atoms with Gasteiger partial charge in [0.05, 0.1) is 4.47 Å². The Hall–Kier alpha value is -1.29. The number of benzene rings is 2. The molecule has 0 N–H and O–H groups in total. The van der Waals surface area contributed by atoms with Crippen molar-refractivity contribution < 1.29 is 13.2 Å². The summed E-state index contributed by atoms with van der Waals surface area (Å²) in [7, 11) is 0. The van der Waals surface area contributed by atoms with Gasteiger partial charge in [0.25, 0.3) is 0 Å². The molecule has 2 rings (SSSR count). The van der Waals surface area contributed by atoms with Gasteiger partial charge in [-0.05, 0) is 45.8 Å². The van der Waals surface area contributed by atoms with Crippen LogP contribution in [0.5, 0.6) is 0 Å². The monoisotopic (exact) mass is 286 g/mol. The van der Waals surface area contributed by atoms with Gasteiger partial charge in [0.15, 0.2) is 0 Å². The summed E-state index contributed by atoms with van der Waals surface area (Å²) in [5, 5.41) is 0. The van der Waals surface area contributed by atoms with E-state index in [0.717, 1.165) is 12.1 Å². The van der Waals surface area contributed by atoms with Crippen LogP contribution in [0.2, 0.25) is 0 Å². The lowest BCUT2D eigenvalue weighted by Crippen LogP contribution is -1.88. The van der Waals surface area contributed by atoms with Crippen molar-refractivity contribution in [1.82, 2.24) is 0 Å². The van der Waals surface area contributed by atoms with Crippen molar-refractivity contribution in [1.29, 1.82) is 0 Å². The normalized spacial score (nSPS) is 10.5. The molecule has 4 heteroatoms. The third-order valence-corrected chi connectivity index (χ3v) is 2.77. The van der Waals surface area contributed by atoms with Crippen LogP contribution in [0, 0.1) is 17.5 Å². The Kier molecular flexibility index (Phi) is 3.01. The lowest BCUT2D eigenvalue weighted by Gasteiger charge is -2.05. The van der Waals surface area contributed by atoms with E-state index >= 15 is 0 Å². The van der Waals surface area contributed by atoms with Crippen molar-refractivity contribution >= 4 is 15.9 Å². The predicted molar refractivity (Wildman–Crippen MR) is 59.5 cm³/mol. The van der Waals surface area contributed by atoms with Crippen LogP contribution < -0.4 is 0 Å². The molecule has 0 heterocycles. The molecule has 0 amide bonds. The summed E-state index contributed by atoms with van der Waals surface area (Å²) in [5.74, 6) is -1.53. The molecule has 0 saturated heterocycles. The quantitative estimate of drug-likeness (QED) is 0.676. The molecule has 0 aliphatic heterocycles. The van der Waals surface area contributed by atoms with Crippen LogP contribution in [0.25, 0.3) is 11.1 Å². The van der Waals surface area contributed by atoms with Gasteiger partial charge >= 0.3 is 0 Å². The minimum atomic E-state index is -0.556. The Morgan fingerprint density at radius 1 is 0.812 bits per heavy atom. The molecule has 0 radical (unpaired) electrons. The van der Waals surface area contributed by atoms with Crippen LogP contribution >= 0.6 is 15.9 Å². The molecule has 0 atom stereocenters. The van der Waals surface area contributed by atoms with E-state index in [1.54, 1.807) is 0 Å². The minimum Gasteiger partial charge on any atom is -0.207 e. The van der Waals surface area contributed by atoms with Crippen molar-refractivity contribution in [2.75, 3.05) is 0 Å². The van der Waals surface area contributed by atoms with Crippen LogP contribution in [0.1, 0.15) is 0 Å². The Balaban J connectivity index is 2.56. The van der Waals surface area contributed by atoms with E-state index in [1.807, 2.05) is 0 Å². The van der Waals surface area contributed by atoms with E-state index < -0.39 is 17.5 Å². The van der Waals surface area contributed by atoms with Crippen molar-refractivity contribution in [3.63, 3.8) is 0 Å². The van der Waals surface area contributed by atoms with Gasteiger partial charge in [-0.3, -0.25) is 0 Å². The molecule has 0 spiro atoms. The number of rotatable bonds is 1. The van der Waals surface area contributed by atoms with Crippen molar-refractivity contribution in [2.45, 2.75) is 0 Å². The fourth-order valence-corrected chi connectivity index (χ4v) is 1.69. The smallest absolute Gasteiger partial charge is 0.138 e. The second kappa shape index (κ2) is 4.29. The summed E-state index contributed by atoms with van der Waals surface area (Å²) in [6, 6.07) is 7.34. The third kappa shape index (κ3) is 2.11. The van der Waals surface area contributed by atoms with E-state index in [2.05, 4.69) is 15.9 Å². The molecule has 0 aliphatic carbocycles. The van der Waals surface area contributed by atoms with E-state index in [0.29, 0.717) is 5.56 Å². The van der Waals surface area contributed by atoms with Gasteiger partial charge in [-0.15, -0.1) is 0 Å². The maximum atomic E-state index is 13.5. The molecule has 0 saturated carbocycles. The van der Waals surface area contributed by atoms with E-state index in [9.17, 15) is 13.2 Å². The third-order valence-electron chi connectivity index (χ3n) is 2.17. The summed E-state index contributed by atoms with van der Waals surface area (Å²) in [4.78, 5) is 0. The highest BCUT2D eigenvalue weighted by Gasteiger charge is 2.09. The Morgan fingerprint density at radius 3 is 2.06 bits per heavy atom. The molecule has 0 aromatic heterocycles. The zero-order valence-corrected chi connectivity index (χ0v) is 9.56. The van der Waals surface area contributed by atoms with Gasteiger partial charge in [0, 0.05) is 5.56 Å². The lowest BCUT2D eigenvalue weighted by molar-refractivity contribution is 0.597. The van der Waals surface area contributed by atoms with E-state index in [-0.39, 0.29) is 10.0 Å². The van der Waals surface area contributed by atoms with Crippen LogP contribution in [-0.2, 0) is 0 Å². The molecule has 2 aromatic carbocycles. The first-order valence-corrected chi connectivity index (χ1v) is 5.27. The first kappa shape index (κ1) is 11.2. The number of hydrogen-bond donors (Lipinski definition) is 0. The Labute approximate surface area is 98.9 Å². The molecule has 16 heavy (non-hydrogen) atoms. The molecular formula is C12H6BrF3. The fourth-order valence-electron chi connectivity index (χ4n) is 1.37. The first-order chi connectivity index (χ1) is 7.58. The van der Waals surface area contributed by atoms with Crippen molar-refractivity contribution in [3.8, 4) is 11.1 Å². The van der Waals surface area contributed by atoms with Crippen molar-refractivity contribution in [3.05, 3.63) is 58.3 Å². The number of hydrogen-bond acceptors (Lipinski definition) is 0. The Morgan fingerprint density at radius 2 is 1.44 bits per heavy atom. The predicted octanol–water partition coefficient (Wildman–Crippen LogP) is 4.53. The maximum absolute atomic E-state index is 13.5. The van der Waals surface area contributed by atoms with Crippen LogP contribution in [0.3, 0.4) is 0 Å². The van der Waals surface area contributed by atoms with E-state index in [4.69, 9.17) is 0 Å². The highest BCUT2D eigenvalue weighted by atomic mass is 79.9. The number of halogens is 4. The minimum absolute atomic E-state index is 0.0656. The van der Waals surface area contributed by atoms with Gasteiger partial charge in [-0.25, -0.2) is 13.2 Å². The highest BCUT2D eigenvalue weighted by molar-refractivity contribution is 9.10. The maximum Gasteiger partial charge on any atom is 0.138 e. The van der Waals surface area contributed by atoms with Gasteiger partial charge in [-0.2, -0.15) is 0 Å². The van der Waals surface area contributed by atoms with Crippen LogP contribution in [-0.4, -0.2) is 0 Å². The lowest BCUT2D eigenvalue weighted by atomic mass is 10.1. The van der Waals surface area contributed by atoms with Gasteiger partial charge in [-0.1, -0.05) is 12.1 Å². The molecule has 82 valence electrons. The summed E-state index contributed by atoms with van der Waals surface area (Å²) in [6.07, 6.45) is 0. The molecule has 0 fully saturated rings. The SMILES string of the molecule is Fc1ccc(-c2cc(F)c(Br)cc2F)cc1. The standard InChI is InChI=1S/C12H6BrF3/c13-10-6-11(15)9(5-12(10)16)7-1-3-8(14)4-2-7/h1-6H. The molecular weight excluding hydrogens is 281 g/mol. The largest absolute Gasteiger partial charge is 0.207 e. The second-order valence-corrected chi connectivity index (χ2v) is 4.11. The second-order valence-electron chi connectivity index (χ2n) is 3.25. The molecule has 0 nitrogen and oxygen atoms in total. The van der Waals surface area contributed by atoms with Gasteiger partial charge in [0.1, 0.15) is 17.5 Å². The average Bonchev–Trinajstić information content (AvgIpc) is 2.25. The van der Waals surface area contributed by atoms with Crippen molar-refractivity contribution in [2.24, 2.45) is 0 Å². The zero-order chi connectivity index (χ0) is 11.7. The molecule has 0 bridgehead atoms. The fraction of sp³-hybridized carbons (Fsp3) is 0. The zero-order valence-electron chi connectivity index (χ0n) is 7.98.